The molecule has 0 saturated heterocycles. The van der Waals surface area contributed by atoms with E-state index in [0.717, 1.165) is 29.9 Å². The van der Waals surface area contributed by atoms with E-state index in [-0.39, 0.29) is 5.38 Å². The average molecular weight is 285 g/mol. The Morgan fingerprint density at radius 3 is 2.21 bits per heavy atom. The molecule has 0 aliphatic rings. The van der Waals surface area contributed by atoms with Crippen LogP contribution in [0.4, 0.5) is 0 Å². The van der Waals surface area contributed by atoms with Crippen LogP contribution in [0.15, 0.2) is 18.2 Å². The van der Waals surface area contributed by atoms with Gasteiger partial charge in [0.1, 0.15) is 0 Å². The van der Waals surface area contributed by atoms with Crippen LogP contribution >= 0.6 is 11.6 Å². The van der Waals surface area contributed by atoms with Gasteiger partial charge in [-0.15, -0.1) is 11.6 Å². The maximum Gasteiger partial charge on any atom is 0.161 e. The van der Waals surface area contributed by atoms with Crippen molar-refractivity contribution in [1.82, 2.24) is 0 Å². The second-order valence-electron chi connectivity index (χ2n) is 5.01. The van der Waals surface area contributed by atoms with Crippen LogP contribution in [0.25, 0.3) is 0 Å². The van der Waals surface area contributed by atoms with E-state index in [4.69, 9.17) is 21.1 Å². The molecule has 0 aliphatic heterocycles. The van der Waals surface area contributed by atoms with Crippen molar-refractivity contribution in [2.45, 2.75) is 45.9 Å². The number of alkyl halides is 1. The predicted octanol–water partition coefficient (Wildman–Crippen LogP) is 5.20. The van der Waals surface area contributed by atoms with E-state index in [1.807, 2.05) is 32.0 Å². The molecule has 108 valence electrons. The summed E-state index contributed by atoms with van der Waals surface area (Å²) in [5, 5.41) is 0.0392. The summed E-state index contributed by atoms with van der Waals surface area (Å²) < 4.78 is 11.2. The normalized spacial score (nSPS) is 12.5. The summed E-state index contributed by atoms with van der Waals surface area (Å²) in [5.74, 6) is 2.26. The molecule has 2 nitrogen and oxygen atoms in total. The molecule has 0 N–H and O–H groups in total. The van der Waals surface area contributed by atoms with Crippen LogP contribution in [0.5, 0.6) is 11.5 Å². The molecule has 3 heteroatoms. The van der Waals surface area contributed by atoms with Crippen LogP contribution in [0, 0.1) is 5.92 Å². The lowest BCUT2D eigenvalue weighted by atomic mass is 10.0. The second-order valence-corrected chi connectivity index (χ2v) is 5.54. The van der Waals surface area contributed by atoms with Crippen LogP contribution in [0.1, 0.15) is 51.5 Å². The molecule has 1 rings (SSSR count). The largest absolute Gasteiger partial charge is 0.490 e. The first-order chi connectivity index (χ1) is 9.08. The summed E-state index contributed by atoms with van der Waals surface area (Å²) in [5.41, 5.74) is 1.11. The lowest BCUT2D eigenvalue weighted by Crippen LogP contribution is -2.00. The molecule has 0 spiro atoms. The number of ether oxygens (including phenoxy) is 2. The van der Waals surface area contributed by atoms with Gasteiger partial charge in [0.05, 0.1) is 18.6 Å². The minimum absolute atomic E-state index is 0.0392. The van der Waals surface area contributed by atoms with Gasteiger partial charge in [-0.2, -0.15) is 0 Å². The van der Waals surface area contributed by atoms with Crippen molar-refractivity contribution in [1.29, 1.82) is 0 Å². The van der Waals surface area contributed by atoms with Crippen LogP contribution in [-0.2, 0) is 0 Å². The van der Waals surface area contributed by atoms with Crippen LogP contribution in [-0.4, -0.2) is 13.2 Å². The first-order valence-electron chi connectivity index (χ1n) is 7.12. The molecular weight excluding hydrogens is 260 g/mol. The molecule has 0 amide bonds. The molecule has 0 heterocycles. The van der Waals surface area contributed by atoms with E-state index in [1.54, 1.807) is 0 Å². The van der Waals surface area contributed by atoms with Gasteiger partial charge in [0.15, 0.2) is 11.5 Å². The summed E-state index contributed by atoms with van der Waals surface area (Å²) in [7, 11) is 0. The number of hydrogen-bond donors (Lipinski definition) is 0. The first-order valence-corrected chi connectivity index (χ1v) is 7.55. The highest BCUT2D eigenvalue weighted by Crippen LogP contribution is 2.34. The van der Waals surface area contributed by atoms with Gasteiger partial charge >= 0.3 is 0 Å². The van der Waals surface area contributed by atoms with Gasteiger partial charge in [-0.05, 0) is 50.3 Å². The average Bonchev–Trinajstić information content (AvgIpc) is 2.38. The molecule has 0 fully saturated rings. The smallest absolute Gasteiger partial charge is 0.161 e. The van der Waals surface area contributed by atoms with E-state index >= 15 is 0 Å². The number of benzene rings is 1. The molecule has 0 saturated carbocycles. The fraction of sp³-hybridized carbons (Fsp3) is 0.625. The maximum atomic E-state index is 6.46. The van der Waals surface area contributed by atoms with E-state index in [2.05, 4.69) is 13.8 Å². The lowest BCUT2D eigenvalue weighted by molar-refractivity contribution is 0.287. The van der Waals surface area contributed by atoms with Crippen molar-refractivity contribution in [3.63, 3.8) is 0 Å². The van der Waals surface area contributed by atoms with Crippen molar-refractivity contribution >= 4 is 11.6 Å². The first kappa shape index (κ1) is 16.2. The molecule has 1 unspecified atom stereocenters. The summed E-state index contributed by atoms with van der Waals surface area (Å²) >= 11 is 6.46. The zero-order valence-corrected chi connectivity index (χ0v) is 13.2. The lowest BCUT2D eigenvalue weighted by Gasteiger charge is -2.15. The molecule has 0 aliphatic carbocycles. The quantitative estimate of drug-likeness (QED) is 0.611. The second kappa shape index (κ2) is 8.31. The van der Waals surface area contributed by atoms with Crippen molar-refractivity contribution in [2.24, 2.45) is 5.92 Å². The molecule has 0 radical (unpaired) electrons. The maximum absolute atomic E-state index is 6.46. The fourth-order valence-corrected chi connectivity index (χ4v) is 2.17. The Labute approximate surface area is 122 Å². The summed E-state index contributed by atoms with van der Waals surface area (Å²) in [6, 6.07) is 5.99. The van der Waals surface area contributed by atoms with Crippen LogP contribution < -0.4 is 9.47 Å². The van der Waals surface area contributed by atoms with Gasteiger partial charge in [0.25, 0.3) is 0 Å². The molecular formula is C16H25ClO2. The highest BCUT2D eigenvalue weighted by Gasteiger charge is 2.13. The highest BCUT2D eigenvalue weighted by molar-refractivity contribution is 6.20. The van der Waals surface area contributed by atoms with Crippen molar-refractivity contribution < 1.29 is 9.47 Å². The van der Waals surface area contributed by atoms with E-state index in [9.17, 15) is 0 Å². The molecule has 1 aromatic carbocycles. The molecule has 1 aromatic rings. The Bertz CT molecular complexity index is 377. The van der Waals surface area contributed by atoms with E-state index < -0.39 is 0 Å². The summed E-state index contributed by atoms with van der Waals surface area (Å²) in [6.07, 6.45) is 2.12. The predicted molar refractivity (Wildman–Crippen MR) is 81.4 cm³/mol. The molecule has 19 heavy (non-hydrogen) atoms. The van der Waals surface area contributed by atoms with Crippen molar-refractivity contribution in [3.8, 4) is 11.5 Å². The van der Waals surface area contributed by atoms with E-state index in [1.165, 1.54) is 0 Å². The third-order valence-electron chi connectivity index (χ3n) is 2.93. The third-order valence-corrected chi connectivity index (χ3v) is 3.40. The summed E-state index contributed by atoms with van der Waals surface area (Å²) in [4.78, 5) is 0. The Kier molecular flexibility index (Phi) is 7.07. The Morgan fingerprint density at radius 2 is 1.63 bits per heavy atom. The van der Waals surface area contributed by atoms with Crippen LogP contribution in [0.2, 0.25) is 0 Å². The van der Waals surface area contributed by atoms with Gasteiger partial charge in [-0.25, -0.2) is 0 Å². The Morgan fingerprint density at radius 1 is 1.00 bits per heavy atom. The Hall–Kier alpha value is -0.890. The SMILES string of the molecule is CCOc1ccc(C(Cl)CCC(C)C)cc1OCC. The zero-order valence-electron chi connectivity index (χ0n) is 12.4. The number of rotatable bonds is 8. The minimum Gasteiger partial charge on any atom is -0.490 e. The fourth-order valence-electron chi connectivity index (χ4n) is 1.91. The van der Waals surface area contributed by atoms with Gasteiger partial charge in [-0.1, -0.05) is 19.9 Å². The topological polar surface area (TPSA) is 18.5 Å². The number of halogens is 1. The van der Waals surface area contributed by atoms with Gasteiger partial charge < -0.3 is 9.47 Å². The molecule has 0 bridgehead atoms. The van der Waals surface area contributed by atoms with Crippen molar-refractivity contribution in [3.05, 3.63) is 23.8 Å². The third kappa shape index (κ3) is 5.32. The molecule has 0 aromatic heterocycles. The Balaban J connectivity index is 2.81. The minimum atomic E-state index is 0.0392. The number of hydrogen-bond acceptors (Lipinski definition) is 2. The van der Waals surface area contributed by atoms with Crippen molar-refractivity contribution in [2.75, 3.05) is 13.2 Å². The highest BCUT2D eigenvalue weighted by atomic mass is 35.5. The van der Waals surface area contributed by atoms with E-state index in [0.29, 0.717) is 19.1 Å². The monoisotopic (exact) mass is 284 g/mol. The standard InChI is InChI=1S/C16H25ClO2/c1-5-18-15-10-8-13(11-16(15)19-6-2)14(17)9-7-12(3)4/h8,10-12,14H,5-7,9H2,1-4H3. The zero-order chi connectivity index (χ0) is 14.3. The van der Waals surface area contributed by atoms with Gasteiger partial charge in [0, 0.05) is 0 Å². The van der Waals surface area contributed by atoms with Gasteiger partial charge in [-0.3, -0.25) is 0 Å². The summed E-state index contributed by atoms with van der Waals surface area (Å²) in [6.45, 7) is 9.64. The molecule has 1 atom stereocenters. The van der Waals surface area contributed by atoms with Crippen LogP contribution in [0.3, 0.4) is 0 Å². The van der Waals surface area contributed by atoms with Gasteiger partial charge in [0.2, 0.25) is 0 Å².